The highest BCUT2D eigenvalue weighted by Crippen LogP contribution is 2.24. The predicted octanol–water partition coefficient (Wildman–Crippen LogP) is 2.14. The summed E-state index contributed by atoms with van der Waals surface area (Å²) in [7, 11) is 0. The molecule has 4 heteroatoms. The highest BCUT2D eigenvalue weighted by molar-refractivity contribution is 5.80. The summed E-state index contributed by atoms with van der Waals surface area (Å²) in [5.41, 5.74) is 7.33. The van der Waals surface area contributed by atoms with E-state index in [1.807, 2.05) is 45.9 Å². The zero-order valence-electron chi connectivity index (χ0n) is 12.4. The number of nitrogens with two attached hydrogens (primary N) is 1. The molecule has 1 aromatic rings. The van der Waals surface area contributed by atoms with Gasteiger partial charge < -0.3 is 15.8 Å². The van der Waals surface area contributed by atoms with E-state index in [0.29, 0.717) is 6.54 Å². The first-order chi connectivity index (χ1) is 8.69. The molecule has 0 saturated heterocycles. The molecule has 0 heterocycles. The summed E-state index contributed by atoms with van der Waals surface area (Å²) in [6.07, 6.45) is 0. The number of ether oxygens (including phenoxy) is 1. The highest BCUT2D eigenvalue weighted by Gasteiger charge is 2.15. The fraction of sp³-hybridized carbons (Fsp3) is 0.533. The first kappa shape index (κ1) is 15.5. The highest BCUT2D eigenvalue weighted by atomic mass is 16.5. The smallest absolute Gasteiger partial charge is 0.236 e. The summed E-state index contributed by atoms with van der Waals surface area (Å²) in [4.78, 5) is 11.5. The number of hydrogen-bond donors (Lipinski definition) is 2. The summed E-state index contributed by atoms with van der Waals surface area (Å²) >= 11 is 0. The molecule has 0 fully saturated rings. The molecule has 0 unspecified atom stereocenters. The molecule has 0 aromatic heterocycles. The summed E-state index contributed by atoms with van der Waals surface area (Å²) in [5.74, 6) is 0.639. The molecule has 0 radical (unpaired) electrons. The van der Waals surface area contributed by atoms with E-state index in [-0.39, 0.29) is 11.5 Å². The van der Waals surface area contributed by atoms with E-state index in [2.05, 4.69) is 5.32 Å². The Balaban J connectivity index is 2.85. The number of amides is 1. The SMILES string of the molecule is Cc1ccc(CNC(=O)[C@@H](C)N)c(OC(C)(C)C)c1. The molecule has 19 heavy (non-hydrogen) atoms. The van der Waals surface area contributed by atoms with E-state index in [0.717, 1.165) is 16.9 Å². The van der Waals surface area contributed by atoms with Crippen molar-refractivity contribution in [3.05, 3.63) is 29.3 Å². The Kier molecular flexibility index (Phi) is 4.95. The van der Waals surface area contributed by atoms with Crippen molar-refractivity contribution in [2.75, 3.05) is 0 Å². The predicted molar refractivity (Wildman–Crippen MR) is 77.1 cm³/mol. The Labute approximate surface area is 115 Å². The summed E-state index contributed by atoms with van der Waals surface area (Å²) < 4.78 is 5.92. The van der Waals surface area contributed by atoms with Gasteiger partial charge in [0.1, 0.15) is 11.4 Å². The van der Waals surface area contributed by atoms with Gasteiger partial charge in [-0.05, 0) is 46.2 Å². The lowest BCUT2D eigenvalue weighted by molar-refractivity contribution is -0.122. The van der Waals surface area contributed by atoms with Gasteiger partial charge in [0.2, 0.25) is 5.91 Å². The van der Waals surface area contributed by atoms with E-state index < -0.39 is 6.04 Å². The van der Waals surface area contributed by atoms with Crippen LogP contribution in [0.25, 0.3) is 0 Å². The van der Waals surface area contributed by atoms with Gasteiger partial charge in [-0.1, -0.05) is 12.1 Å². The van der Waals surface area contributed by atoms with E-state index in [1.165, 1.54) is 0 Å². The van der Waals surface area contributed by atoms with Gasteiger partial charge in [-0.25, -0.2) is 0 Å². The molecule has 0 aliphatic heterocycles. The molecule has 0 spiro atoms. The standard InChI is InChI=1S/C15H24N2O2/c1-10-6-7-12(9-17-14(18)11(2)16)13(8-10)19-15(3,4)5/h6-8,11H,9,16H2,1-5H3,(H,17,18)/t11-/m1/s1. The van der Waals surface area contributed by atoms with Gasteiger partial charge in [-0.15, -0.1) is 0 Å². The van der Waals surface area contributed by atoms with Crippen LogP contribution >= 0.6 is 0 Å². The second kappa shape index (κ2) is 6.06. The Hall–Kier alpha value is -1.55. The van der Waals surface area contributed by atoms with E-state index in [9.17, 15) is 4.79 Å². The number of benzene rings is 1. The van der Waals surface area contributed by atoms with Crippen LogP contribution in [0.3, 0.4) is 0 Å². The van der Waals surface area contributed by atoms with Crippen LogP contribution in [-0.4, -0.2) is 17.6 Å². The lowest BCUT2D eigenvalue weighted by Crippen LogP contribution is -2.38. The minimum Gasteiger partial charge on any atom is -0.488 e. The third-order valence-corrected chi connectivity index (χ3v) is 2.51. The van der Waals surface area contributed by atoms with E-state index in [4.69, 9.17) is 10.5 Å². The van der Waals surface area contributed by atoms with Crippen LogP contribution in [0.5, 0.6) is 5.75 Å². The molecule has 3 N–H and O–H groups in total. The van der Waals surface area contributed by atoms with Gasteiger partial charge in [0, 0.05) is 12.1 Å². The fourth-order valence-corrected chi connectivity index (χ4v) is 1.58. The van der Waals surface area contributed by atoms with Crippen molar-refractivity contribution < 1.29 is 9.53 Å². The second-order valence-electron chi connectivity index (χ2n) is 5.83. The van der Waals surface area contributed by atoms with E-state index >= 15 is 0 Å². The van der Waals surface area contributed by atoms with Crippen molar-refractivity contribution in [1.82, 2.24) is 5.32 Å². The lowest BCUT2D eigenvalue weighted by Gasteiger charge is -2.24. The third kappa shape index (κ3) is 5.30. The maximum absolute atomic E-state index is 11.5. The maximum Gasteiger partial charge on any atom is 0.236 e. The van der Waals surface area contributed by atoms with Crippen molar-refractivity contribution in [2.45, 2.75) is 52.8 Å². The minimum absolute atomic E-state index is 0.165. The van der Waals surface area contributed by atoms with Crippen LogP contribution < -0.4 is 15.8 Å². The fourth-order valence-electron chi connectivity index (χ4n) is 1.58. The quantitative estimate of drug-likeness (QED) is 0.875. The van der Waals surface area contributed by atoms with Crippen LogP contribution in [0.4, 0.5) is 0 Å². The van der Waals surface area contributed by atoms with Crippen LogP contribution in [-0.2, 0) is 11.3 Å². The topological polar surface area (TPSA) is 64.4 Å². The van der Waals surface area contributed by atoms with Gasteiger partial charge in [0.05, 0.1) is 6.04 Å². The molecule has 1 rings (SSSR count). The van der Waals surface area contributed by atoms with Gasteiger partial charge in [0.25, 0.3) is 0 Å². The molecular weight excluding hydrogens is 240 g/mol. The molecule has 0 aliphatic carbocycles. The summed E-state index contributed by atoms with van der Waals surface area (Å²) in [6, 6.07) is 5.46. The second-order valence-corrected chi connectivity index (χ2v) is 5.83. The van der Waals surface area contributed by atoms with Gasteiger partial charge >= 0.3 is 0 Å². The van der Waals surface area contributed by atoms with Crippen molar-refractivity contribution in [3.63, 3.8) is 0 Å². The number of carbonyl (C=O) groups is 1. The zero-order chi connectivity index (χ0) is 14.6. The number of hydrogen-bond acceptors (Lipinski definition) is 3. The molecular formula is C15H24N2O2. The summed E-state index contributed by atoms with van der Waals surface area (Å²) in [5, 5.41) is 2.80. The van der Waals surface area contributed by atoms with E-state index in [1.54, 1.807) is 6.92 Å². The average molecular weight is 264 g/mol. The molecule has 0 bridgehead atoms. The number of rotatable bonds is 4. The van der Waals surface area contributed by atoms with Gasteiger partial charge in [-0.2, -0.15) is 0 Å². The Morgan fingerprint density at radius 2 is 2.05 bits per heavy atom. The van der Waals surface area contributed by atoms with Crippen molar-refractivity contribution in [3.8, 4) is 5.75 Å². The molecule has 1 aromatic carbocycles. The van der Waals surface area contributed by atoms with Crippen molar-refractivity contribution in [1.29, 1.82) is 0 Å². The molecule has 0 aliphatic rings. The van der Waals surface area contributed by atoms with Crippen LogP contribution in [0.1, 0.15) is 38.8 Å². The Bertz CT molecular complexity index is 448. The molecule has 1 atom stereocenters. The molecule has 0 saturated carbocycles. The molecule has 4 nitrogen and oxygen atoms in total. The Morgan fingerprint density at radius 1 is 1.42 bits per heavy atom. The largest absolute Gasteiger partial charge is 0.488 e. The summed E-state index contributed by atoms with van der Waals surface area (Å²) in [6.45, 7) is 10.1. The minimum atomic E-state index is -0.502. The van der Waals surface area contributed by atoms with Gasteiger partial charge in [0.15, 0.2) is 0 Å². The molecule has 106 valence electrons. The van der Waals surface area contributed by atoms with Crippen molar-refractivity contribution in [2.24, 2.45) is 5.73 Å². The number of nitrogens with one attached hydrogen (secondary N) is 1. The number of aryl methyl sites for hydroxylation is 1. The normalized spacial score (nSPS) is 12.9. The van der Waals surface area contributed by atoms with Crippen LogP contribution in [0.2, 0.25) is 0 Å². The zero-order valence-corrected chi connectivity index (χ0v) is 12.4. The Morgan fingerprint density at radius 3 is 2.58 bits per heavy atom. The van der Waals surface area contributed by atoms with Crippen LogP contribution in [0, 0.1) is 6.92 Å². The van der Waals surface area contributed by atoms with Crippen LogP contribution in [0.15, 0.2) is 18.2 Å². The lowest BCUT2D eigenvalue weighted by atomic mass is 10.1. The average Bonchev–Trinajstić information content (AvgIpc) is 2.25. The number of carbonyl (C=O) groups excluding carboxylic acids is 1. The van der Waals surface area contributed by atoms with Gasteiger partial charge in [-0.3, -0.25) is 4.79 Å². The monoisotopic (exact) mass is 264 g/mol. The third-order valence-electron chi connectivity index (χ3n) is 2.51. The first-order valence-corrected chi connectivity index (χ1v) is 6.51. The molecule has 1 amide bonds. The first-order valence-electron chi connectivity index (χ1n) is 6.51. The van der Waals surface area contributed by atoms with Crippen molar-refractivity contribution >= 4 is 5.91 Å². The maximum atomic E-state index is 11.5.